The minimum atomic E-state index is 0. The Balaban J connectivity index is 0.00000261. The molecule has 2 bridgehead atoms. The molecular formula is C20H30Cl2N2O3. The summed E-state index contributed by atoms with van der Waals surface area (Å²) in [7, 11) is 0. The summed E-state index contributed by atoms with van der Waals surface area (Å²) in [6.45, 7) is 6.64. The number of nitrogens with one attached hydrogen (secondary N) is 1. The van der Waals surface area contributed by atoms with Crippen molar-refractivity contribution in [2.24, 2.45) is 0 Å². The first kappa shape index (κ1) is 22.1. The van der Waals surface area contributed by atoms with Gasteiger partial charge < -0.3 is 19.7 Å². The van der Waals surface area contributed by atoms with E-state index in [-0.39, 0.29) is 18.3 Å². The van der Waals surface area contributed by atoms with Crippen LogP contribution in [0, 0.1) is 0 Å². The van der Waals surface area contributed by atoms with Gasteiger partial charge >= 0.3 is 0 Å². The number of carbonyl (C=O) groups is 1. The van der Waals surface area contributed by atoms with Crippen LogP contribution in [0.3, 0.4) is 0 Å². The van der Waals surface area contributed by atoms with Crippen LogP contribution in [0.1, 0.15) is 56.3 Å². The molecule has 1 N–H and O–H groups in total. The number of carbonyl (C=O) groups excluding carboxylic acids is 1. The second-order valence-corrected chi connectivity index (χ2v) is 7.51. The predicted molar refractivity (Wildman–Crippen MR) is 111 cm³/mol. The van der Waals surface area contributed by atoms with Crippen molar-refractivity contribution in [3.8, 4) is 11.5 Å². The normalized spacial score (nSPS) is 21.4. The number of benzene rings is 1. The van der Waals surface area contributed by atoms with Crippen molar-refractivity contribution in [2.75, 3.05) is 26.3 Å². The lowest BCUT2D eigenvalue weighted by Gasteiger charge is -2.25. The maximum Gasteiger partial charge on any atom is 0.254 e. The molecule has 2 atom stereocenters. The lowest BCUT2D eigenvalue weighted by atomic mass is 10.1. The Bertz CT molecular complexity index is 642. The topological polar surface area (TPSA) is 50.8 Å². The first-order valence-corrected chi connectivity index (χ1v) is 10.1. The SMILES string of the molecule is CCCCOc1c(Cl)cc(C(=O)N2CCC3CCC(C2)N3)cc1OCC.Cl. The summed E-state index contributed by atoms with van der Waals surface area (Å²) in [5.74, 6) is 1.10. The molecule has 2 unspecified atom stereocenters. The van der Waals surface area contributed by atoms with Crippen molar-refractivity contribution in [2.45, 2.75) is 58.0 Å². The third-order valence-corrected chi connectivity index (χ3v) is 5.39. The summed E-state index contributed by atoms with van der Waals surface area (Å²) in [6.07, 6.45) is 5.36. The number of halogens is 2. The van der Waals surface area contributed by atoms with Crippen molar-refractivity contribution in [3.63, 3.8) is 0 Å². The fourth-order valence-electron chi connectivity index (χ4n) is 3.72. The number of amides is 1. The number of unbranched alkanes of at least 4 members (excludes halogenated alkanes) is 1. The van der Waals surface area contributed by atoms with Gasteiger partial charge in [-0.1, -0.05) is 24.9 Å². The van der Waals surface area contributed by atoms with E-state index < -0.39 is 0 Å². The number of fused-ring (bicyclic) bond motifs is 2. The van der Waals surface area contributed by atoms with Gasteiger partial charge in [-0.25, -0.2) is 0 Å². The van der Waals surface area contributed by atoms with Crippen LogP contribution in [-0.2, 0) is 0 Å². The third kappa shape index (κ3) is 5.43. The fourth-order valence-corrected chi connectivity index (χ4v) is 3.99. The molecule has 2 saturated heterocycles. The van der Waals surface area contributed by atoms with Crippen LogP contribution in [0.2, 0.25) is 5.02 Å². The molecule has 0 aliphatic carbocycles. The summed E-state index contributed by atoms with van der Waals surface area (Å²) >= 11 is 6.44. The molecule has 0 spiro atoms. The highest BCUT2D eigenvalue weighted by Crippen LogP contribution is 2.37. The summed E-state index contributed by atoms with van der Waals surface area (Å²) < 4.78 is 11.5. The molecule has 1 aromatic rings. The minimum absolute atomic E-state index is 0. The van der Waals surface area contributed by atoms with E-state index in [0.717, 1.165) is 38.8 Å². The van der Waals surface area contributed by atoms with Crippen molar-refractivity contribution in [1.82, 2.24) is 10.2 Å². The molecule has 2 heterocycles. The smallest absolute Gasteiger partial charge is 0.254 e. The maximum absolute atomic E-state index is 13.1. The molecule has 2 aliphatic heterocycles. The summed E-state index contributed by atoms with van der Waals surface area (Å²) in [4.78, 5) is 15.0. The van der Waals surface area contributed by atoms with E-state index in [2.05, 4.69) is 12.2 Å². The molecule has 1 aromatic carbocycles. The summed E-state index contributed by atoms with van der Waals surface area (Å²) in [5, 5.41) is 4.04. The second kappa shape index (κ2) is 10.4. The molecule has 0 aromatic heterocycles. The van der Waals surface area contributed by atoms with Crippen LogP contribution >= 0.6 is 24.0 Å². The van der Waals surface area contributed by atoms with Crippen molar-refractivity contribution >= 4 is 29.9 Å². The van der Waals surface area contributed by atoms with Gasteiger partial charge in [-0.05, 0) is 44.7 Å². The van der Waals surface area contributed by atoms with Gasteiger partial charge in [0.05, 0.1) is 18.2 Å². The molecule has 0 saturated carbocycles. The summed E-state index contributed by atoms with van der Waals surface area (Å²) in [6, 6.07) is 4.44. The number of hydrogen-bond acceptors (Lipinski definition) is 4. The Hall–Kier alpha value is -1.17. The molecule has 2 aliphatic rings. The molecule has 5 nitrogen and oxygen atoms in total. The molecule has 27 heavy (non-hydrogen) atoms. The van der Waals surface area contributed by atoms with Gasteiger partial charge in [0.25, 0.3) is 5.91 Å². The average Bonchev–Trinajstić information content (AvgIpc) is 2.95. The van der Waals surface area contributed by atoms with Crippen molar-refractivity contribution < 1.29 is 14.3 Å². The highest BCUT2D eigenvalue weighted by atomic mass is 35.5. The molecule has 3 rings (SSSR count). The number of ether oxygens (including phenoxy) is 2. The molecule has 1 amide bonds. The quantitative estimate of drug-likeness (QED) is 0.672. The van der Waals surface area contributed by atoms with Gasteiger partial charge in [0.2, 0.25) is 0 Å². The van der Waals surface area contributed by atoms with Crippen molar-refractivity contribution in [1.29, 1.82) is 0 Å². The zero-order chi connectivity index (χ0) is 18.5. The van der Waals surface area contributed by atoms with Crippen LogP contribution in [0.5, 0.6) is 11.5 Å². The first-order chi connectivity index (χ1) is 12.6. The van der Waals surface area contributed by atoms with Crippen LogP contribution in [-0.4, -0.2) is 49.2 Å². The van der Waals surface area contributed by atoms with Gasteiger partial charge in [0.15, 0.2) is 11.5 Å². The van der Waals surface area contributed by atoms with Gasteiger partial charge in [0.1, 0.15) is 0 Å². The number of likely N-dealkylation sites (tertiary alicyclic amines) is 1. The van der Waals surface area contributed by atoms with Gasteiger partial charge in [0, 0.05) is 30.7 Å². The van der Waals surface area contributed by atoms with E-state index in [9.17, 15) is 4.79 Å². The molecule has 0 radical (unpaired) electrons. The lowest BCUT2D eigenvalue weighted by Crippen LogP contribution is -2.39. The van der Waals surface area contributed by atoms with Crippen LogP contribution in [0.4, 0.5) is 0 Å². The highest BCUT2D eigenvalue weighted by molar-refractivity contribution is 6.32. The van der Waals surface area contributed by atoms with E-state index in [4.69, 9.17) is 21.1 Å². The van der Waals surface area contributed by atoms with Crippen LogP contribution in [0.15, 0.2) is 12.1 Å². The number of hydrogen-bond donors (Lipinski definition) is 1. The van der Waals surface area contributed by atoms with E-state index in [1.807, 2.05) is 11.8 Å². The van der Waals surface area contributed by atoms with E-state index in [1.165, 1.54) is 6.42 Å². The van der Waals surface area contributed by atoms with E-state index >= 15 is 0 Å². The van der Waals surface area contributed by atoms with Crippen LogP contribution in [0.25, 0.3) is 0 Å². The highest BCUT2D eigenvalue weighted by Gasteiger charge is 2.32. The van der Waals surface area contributed by atoms with Gasteiger partial charge in [-0.15, -0.1) is 12.4 Å². The fraction of sp³-hybridized carbons (Fsp3) is 0.650. The number of nitrogens with zero attached hydrogens (tertiary/aromatic N) is 1. The predicted octanol–water partition coefficient (Wildman–Crippen LogP) is 4.31. The van der Waals surface area contributed by atoms with Gasteiger partial charge in [-0.3, -0.25) is 4.79 Å². The lowest BCUT2D eigenvalue weighted by molar-refractivity contribution is 0.0747. The third-order valence-electron chi connectivity index (χ3n) is 5.11. The average molecular weight is 417 g/mol. The molecular weight excluding hydrogens is 387 g/mol. The Morgan fingerprint density at radius 3 is 2.74 bits per heavy atom. The largest absolute Gasteiger partial charge is 0.490 e. The molecule has 7 heteroatoms. The first-order valence-electron chi connectivity index (χ1n) is 9.76. The Morgan fingerprint density at radius 1 is 1.22 bits per heavy atom. The van der Waals surface area contributed by atoms with Crippen LogP contribution < -0.4 is 14.8 Å². The minimum Gasteiger partial charge on any atom is -0.490 e. The monoisotopic (exact) mass is 416 g/mol. The summed E-state index contributed by atoms with van der Waals surface area (Å²) in [5.41, 5.74) is 0.569. The Kier molecular flexibility index (Phi) is 8.52. The number of rotatable bonds is 7. The maximum atomic E-state index is 13.1. The van der Waals surface area contributed by atoms with Crippen molar-refractivity contribution in [3.05, 3.63) is 22.7 Å². The van der Waals surface area contributed by atoms with E-state index in [0.29, 0.717) is 47.4 Å². The molecule has 152 valence electrons. The zero-order valence-corrected chi connectivity index (χ0v) is 17.7. The Morgan fingerprint density at radius 2 is 2.00 bits per heavy atom. The molecule has 2 fully saturated rings. The zero-order valence-electron chi connectivity index (χ0n) is 16.1. The standard InChI is InChI=1S/C20H29ClN2O3.ClH/c1-3-5-10-26-19-17(21)11-14(12-18(19)25-4-2)20(24)23-9-8-15-6-7-16(13-23)22-15;/h11-12,15-16,22H,3-10,13H2,1-2H3;1H. The Labute approximate surface area is 173 Å². The van der Waals surface area contributed by atoms with Gasteiger partial charge in [-0.2, -0.15) is 0 Å². The van der Waals surface area contributed by atoms with E-state index in [1.54, 1.807) is 12.1 Å². The second-order valence-electron chi connectivity index (χ2n) is 7.10.